The molecular weight excluding hydrogens is 532 g/mol. The van der Waals surface area contributed by atoms with E-state index in [0.29, 0.717) is 31.7 Å². The Morgan fingerprint density at radius 3 is 2.19 bits per heavy atom. The van der Waals surface area contributed by atoms with E-state index in [0.717, 1.165) is 53.7 Å². The van der Waals surface area contributed by atoms with Gasteiger partial charge in [-0.05, 0) is 61.1 Å². The molecular formula is C36H40N6O. The summed E-state index contributed by atoms with van der Waals surface area (Å²) in [6, 6.07) is 32.6. The number of nitrogens with two attached hydrogens (primary N) is 2. The van der Waals surface area contributed by atoms with E-state index < -0.39 is 0 Å². The molecule has 0 fully saturated rings. The number of aryl methyl sites for hydroxylation is 4. The minimum Gasteiger partial charge on any atom is -0.384 e. The highest BCUT2D eigenvalue weighted by Gasteiger charge is 2.18. The molecule has 5 rings (SSSR count). The lowest BCUT2D eigenvalue weighted by atomic mass is 10.1. The van der Waals surface area contributed by atoms with Gasteiger partial charge in [-0.3, -0.25) is 10.2 Å². The van der Waals surface area contributed by atoms with Gasteiger partial charge in [0.1, 0.15) is 11.7 Å². The van der Waals surface area contributed by atoms with Crippen LogP contribution in [0.3, 0.4) is 0 Å². The first-order valence-corrected chi connectivity index (χ1v) is 14.9. The summed E-state index contributed by atoms with van der Waals surface area (Å²) in [5.41, 5.74) is 19.6. The number of amides is 1. The maximum atomic E-state index is 13.6. The Balaban J connectivity index is 1.39. The van der Waals surface area contributed by atoms with E-state index in [1.165, 1.54) is 16.7 Å². The Morgan fingerprint density at radius 2 is 1.49 bits per heavy atom. The first-order chi connectivity index (χ1) is 20.9. The fourth-order valence-electron chi connectivity index (χ4n) is 5.44. The minimum absolute atomic E-state index is 0.0133. The number of rotatable bonds is 13. The first-order valence-electron chi connectivity index (χ1n) is 14.9. The first kappa shape index (κ1) is 29.7. The lowest BCUT2D eigenvalue weighted by Gasteiger charge is -2.22. The highest BCUT2D eigenvalue weighted by molar-refractivity contribution is 5.97. The quantitative estimate of drug-likeness (QED) is 0.128. The molecule has 0 radical (unpaired) electrons. The summed E-state index contributed by atoms with van der Waals surface area (Å²) in [5.74, 6) is 1.02. The average molecular weight is 573 g/mol. The van der Waals surface area contributed by atoms with Gasteiger partial charge in [0.2, 0.25) is 0 Å². The summed E-state index contributed by atoms with van der Waals surface area (Å²) >= 11 is 0. The largest absolute Gasteiger partial charge is 0.384 e. The summed E-state index contributed by atoms with van der Waals surface area (Å²) in [7, 11) is 0. The van der Waals surface area contributed by atoms with Crippen molar-refractivity contribution in [3.63, 3.8) is 0 Å². The van der Waals surface area contributed by atoms with Crippen molar-refractivity contribution in [1.29, 1.82) is 5.41 Å². The van der Waals surface area contributed by atoms with Crippen molar-refractivity contribution in [3.05, 3.63) is 136 Å². The third kappa shape index (κ3) is 7.56. The highest BCUT2D eigenvalue weighted by Crippen LogP contribution is 2.23. The van der Waals surface area contributed by atoms with E-state index >= 15 is 0 Å². The molecule has 0 bridgehead atoms. The third-order valence-corrected chi connectivity index (χ3v) is 7.86. The Kier molecular flexibility index (Phi) is 9.64. The number of nitrogens with zero attached hydrogens (tertiary/aromatic N) is 3. The summed E-state index contributed by atoms with van der Waals surface area (Å²) < 4.78 is 2.26. The van der Waals surface area contributed by atoms with Crippen LogP contribution in [0.2, 0.25) is 0 Å². The van der Waals surface area contributed by atoms with Gasteiger partial charge in [0.15, 0.2) is 0 Å². The van der Waals surface area contributed by atoms with E-state index in [-0.39, 0.29) is 11.7 Å². The SMILES string of the molecule is Cc1ccc(Cn2c(CCc3ccc(C(=N)N)cc3)nc3cc(C(=O)N(CCN)CCCc4ccccc4)ccc32)cc1. The van der Waals surface area contributed by atoms with Gasteiger partial charge < -0.3 is 20.9 Å². The van der Waals surface area contributed by atoms with Gasteiger partial charge in [0.25, 0.3) is 5.91 Å². The lowest BCUT2D eigenvalue weighted by Crippen LogP contribution is -2.36. The summed E-state index contributed by atoms with van der Waals surface area (Å²) in [6.07, 6.45) is 3.33. The van der Waals surface area contributed by atoms with Crippen molar-refractivity contribution in [2.75, 3.05) is 19.6 Å². The molecule has 0 aliphatic rings. The van der Waals surface area contributed by atoms with Crippen LogP contribution in [0.4, 0.5) is 0 Å². The maximum absolute atomic E-state index is 13.6. The Hall–Kier alpha value is -4.75. The molecule has 220 valence electrons. The van der Waals surface area contributed by atoms with Gasteiger partial charge in [0.05, 0.1) is 11.0 Å². The molecule has 5 aromatic rings. The van der Waals surface area contributed by atoms with E-state index in [1.54, 1.807) is 0 Å². The van der Waals surface area contributed by atoms with Gasteiger partial charge in [-0.15, -0.1) is 0 Å². The maximum Gasteiger partial charge on any atom is 0.253 e. The van der Waals surface area contributed by atoms with Gasteiger partial charge in [-0.2, -0.15) is 0 Å². The van der Waals surface area contributed by atoms with E-state index in [1.807, 2.05) is 65.6 Å². The molecule has 4 aromatic carbocycles. The molecule has 1 heterocycles. The molecule has 0 unspecified atom stereocenters. The highest BCUT2D eigenvalue weighted by atomic mass is 16.2. The second-order valence-corrected chi connectivity index (χ2v) is 11.1. The van der Waals surface area contributed by atoms with Crippen LogP contribution in [0, 0.1) is 12.3 Å². The molecule has 0 spiro atoms. The van der Waals surface area contributed by atoms with Gasteiger partial charge in [-0.1, -0.05) is 84.4 Å². The number of benzene rings is 4. The summed E-state index contributed by atoms with van der Waals surface area (Å²) in [6.45, 7) is 4.37. The number of imidazole rings is 1. The van der Waals surface area contributed by atoms with E-state index in [2.05, 4.69) is 47.9 Å². The second-order valence-electron chi connectivity index (χ2n) is 11.1. The molecule has 0 aliphatic heterocycles. The van der Waals surface area contributed by atoms with E-state index in [9.17, 15) is 4.79 Å². The number of carbonyl (C=O) groups excluding carboxylic acids is 1. The van der Waals surface area contributed by atoms with Crippen LogP contribution in [0.15, 0.2) is 97.1 Å². The molecule has 1 amide bonds. The number of nitrogen functional groups attached to an aromatic ring is 1. The van der Waals surface area contributed by atoms with Crippen molar-refractivity contribution < 1.29 is 4.79 Å². The molecule has 0 saturated heterocycles. The van der Waals surface area contributed by atoms with Crippen molar-refractivity contribution in [2.24, 2.45) is 11.5 Å². The van der Waals surface area contributed by atoms with Crippen LogP contribution >= 0.6 is 0 Å². The zero-order chi connectivity index (χ0) is 30.2. The molecule has 7 nitrogen and oxygen atoms in total. The predicted molar refractivity (Wildman–Crippen MR) is 175 cm³/mol. The number of aromatic nitrogens is 2. The number of hydrogen-bond acceptors (Lipinski definition) is 4. The van der Waals surface area contributed by atoms with Crippen LogP contribution in [-0.4, -0.2) is 45.8 Å². The van der Waals surface area contributed by atoms with Gasteiger partial charge in [0, 0.05) is 43.7 Å². The van der Waals surface area contributed by atoms with E-state index in [4.69, 9.17) is 21.9 Å². The van der Waals surface area contributed by atoms with Crippen LogP contribution in [-0.2, 0) is 25.8 Å². The summed E-state index contributed by atoms with van der Waals surface area (Å²) in [4.78, 5) is 20.5. The molecule has 7 heteroatoms. The average Bonchev–Trinajstić information content (AvgIpc) is 3.37. The van der Waals surface area contributed by atoms with Crippen molar-refractivity contribution in [1.82, 2.24) is 14.5 Å². The Morgan fingerprint density at radius 1 is 0.814 bits per heavy atom. The Labute approximate surface area is 253 Å². The van der Waals surface area contributed by atoms with Crippen LogP contribution in [0.1, 0.15) is 50.4 Å². The molecule has 0 saturated carbocycles. The van der Waals surface area contributed by atoms with Crippen LogP contribution < -0.4 is 11.5 Å². The van der Waals surface area contributed by atoms with Crippen LogP contribution in [0.25, 0.3) is 11.0 Å². The number of carbonyl (C=O) groups is 1. The van der Waals surface area contributed by atoms with Crippen LogP contribution in [0.5, 0.6) is 0 Å². The molecule has 1 aromatic heterocycles. The van der Waals surface area contributed by atoms with Crippen molar-refractivity contribution in [3.8, 4) is 0 Å². The van der Waals surface area contributed by atoms with Gasteiger partial charge >= 0.3 is 0 Å². The Bertz CT molecular complexity index is 1670. The molecule has 0 atom stereocenters. The fourth-order valence-corrected chi connectivity index (χ4v) is 5.44. The fraction of sp³-hybridized carbons (Fsp3) is 0.250. The molecule has 5 N–H and O–H groups in total. The standard InChI is InChI=1S/C36H40N6O/c1-26-9-11-29(12-10-26)25-42-33-19-18-31(36(43)41(23-21-37)22-5-8-27-6-3-2-4-7-27)24-32(33)40-34(42)20-15-28-13-16-30(17-14-28)35(38)39/h2-4,6-7,9-14,16-19,24H,5,8,15,20-23,25,37H2,1H3,(H3,38,39). The molecule has 0 aliphatic carbocycles. The second kappa shape index (κ2) is 13.9. The molecule has 43 heavy (non-hydrogen) atoms. The smallest absolute Gasteiger partial charge is 0.253 e. The number of hydrogen-bond donors (Lipinski definition) is 3. The van der Waals surface area contributed by atoms with Gasteiger partial charge in [-0.25, -0.2) is 4.98 Å². The number of fused-ring (bicyclic) bond motifs is 1. The number of nitrogens with one attached hydrogen (secondary N) is 1. The monoisotopic (exact) mass is 572 g/mol. The normalized spacial score (nSPS) is 11.1. The minimum atomic E-state index is -0.0133. The lowest BCUT2D eigenvalue weighted by molar-refractivity contribution is 0.0758. The number of amidine groups is 1. The van der Waals surface area contributed by atoms with Crippen molar-refractivity contribution >= 4 is 22.8 Å². The third-order valence-electron chi connectivity index (χ3n) is 7.86. The predicted octanol–water partition coefficient (Wildman–Crippen LogP) is 5.50. The topological polar surface area (TPSA) is 114 Å². The van der Waals surface area contributed by atoms with Crippen molar-refractivity contribution in [2.45, 2.75) is 39.2 Å². The zero-order valence-corrected chi connectivity index (χ0v) is 24.8. The zero-order valence-electron chi connectivity index (χ0n) is 24.8. The summed E-state index contributed by atoms with van der Waals surface area (Å²) in [5, 5.41) is 7.65.